The zero-order valence-electron chi connectivity index (χ0n) is 14.5. The van der Waals surface area contributed by atoms with E-state index in [1.807, 2.05) is 0 Å². The van der Waals surface area contributed by atoms with Crippen molar-refractivity contribution in [3.05, 3.63) is 0 Å². The molecule has 126 valence electrons. The van der Waals surface area contributed by atoms with E-state index in [9.17, 15) is 0 Å². The second-order valence-electron chi connectivity index (χ2n) is 6.65. The molecule has 21 heavy (non-hydrogen) atoms. The molecule has 0 unspecified atom stereocenters. The van der Waals surface area contributed by atoms with Gasteiger partial charge in [0.1, 0.15) is 0 Å². The average Bonchev–Trinajstić information content (AvgIpc) is 2.72. The Kier molecular flexibility index (Phi) is 12.2. The van der Waals surface area contributed by atoms with Crippen LogP contribution in [0.1, 0.15) is 71.1 Å². The minimum Gasteiger partial charge on any atom is -0.330 e. The predicted molar refractivity (Wildman–Crippen MR) is 93.8 cm³/mol. The van der Waals surface area contributed by atoms with E-state index in [1.54, 1.807) is 0 Å². The van der Waals surface area contributed by atoms with Crippen LogP contribution in [0.5, 0.6) is 0 Å². The van der Waals surface area contributed by atoms with Crippen molar-refractivity contribution in [3.63, 3.8) is 0 Å². The van der Waals surface area contributed by atoms with Crippen LogP contribution >= 0.6 is 0 Å². The molecule has 0 aliphatic carbocycles. The Morgan fingerprint density at radius 1 is 0.667 bits per heavy atom. The third-order valence-corrected chi connectivity index (χ3v) is 4.69. The maximum Gasteiger partial charge on any atom is 0.0109 e. The van der Waals surface area contributed by atoms with Crippen LogP contribution in [0.15, 0.2) is 0 Å². The Morgan fingerprint density at radius 3 is 1.76 bits per heavy atom. The molecule has 1 fully saturated rings. The van der Waals surface area contributed by atoms with E-state index in [2.05, 4.69) is 16.7 Å². The molecule has 3 heteroatoms. The molecule has 0 atom stereocenters. The van der Waals surface area contributed by atoms with Crippen LogP contribution < -0.4 is 5.73 Å². The first-order valence-electron chi connectivity index (χ1n) is 9.51. The maximum absolute atomic E-state index is 5.58. The van der Waals surface area contributed by atoms with Crippen LogP contribution in [0.4, 0.5) is 0 Å². The number of unbranched alkanes of at least 4 members (excludes halogenated alkanes) is 7. The molecule has 0 amide bonds. The summed E-state index contributed by atoms with van der Waals surface area (Å²) in [7, 11) is 0. The lowest BCUT2D eigenvalue weighted by molar-refractivity contribution is 0.250. The standard InChI is InChI=1S/C18H39N3/c1-2-3-4-5-6-7-9-13-20-15-11-16-21(18-17-20)14-10-8-12-19/h2-19H2,1H3. The number of hydrogen-bond donors (Lipinski definition) is 1. The number of hydrogen-bond acceptors (Lipinski definition) is 3. The molecule has 0 aromatic carbocycles. The van der Waals surface area contributed by atoms with E-state index in [0.717, 1.165) is 6.54 Å². The SMILES string of the molecule is CCCCCCCCCN1CCCN(CCCCN)CC1. The van der Waals surface area contributed by atoms with Crippen molar-refractivity contribution in [2.24, 2.45) is 5.73 Å². The lowest BCUT2D eigenvalue weighted by atomic mass is 10.1. The molecule has 0 aromatic rings. The van der Waals surface area contributed by atoms with Gasteiger partial charge >= 0.3 is 0 Å². The molecule has 0 bridgehead atoms. The van der Waals surface area contributed by atoms with Crippen molar-refractivity contribution in [1.29, 1.82) is 0 Å². The molecule has 0 aromatic heterocycles. The first-order chi connectivity index (χ1) is 10.4. The van der Waals surface area contributed by atoms with E-state index in [4.69, 9.17) is 5.73 Å². The van der Waals surface area contributed by atoms with E-state index in [0.29, 0.717) is 0 Å². The summed E-state index contributed by atoms with van der Waals surface area (Å²) in [6.45, 7) is 10.9. The molecule has 1 aliphatic rings. The van der Waals surface area contributed by atoms with Gasteiger partial charge < -0.3 is 15.5 Å². The van der Waals surface area contributed by atoms with Gasteiger partial charge in [0.25, 0.3) is 0 Å². The predicted octanol–water partition coefficient (Wildman–Crippen LogP) is 3.48. The zero-order valence-corrected chi connectivity index (χ0v) is 14.5. The van der Waals surface area contributed by atoms with E-state index >= 15 is 0 Å². The van der Waals surface area contributed by atoms with Gasteiger partial charge in [0.15, 0.2) is 0 Å². The molecule has 1 heterocycles. The highest BCUT2D eigenvalue weighted by molar-refractivity contribution is 4.69. The van der Waals surface area contributed by atoms with Crippen molar-refractivity contribution in [2.45, 2.75) is 71.1 Å². The Morgan fingerprint density at radius 2 is 1.19 bits per heavy atom. The molecule has 2 N–H and O–H groups in total. The molecule has 0 saturated carbocycles. The summed E-state index contributed by atoms with van der Waals surface area (Å²) in [5, 5.41) is 0. The fraction of sp³-hybridized carbons (Fsp3) is 1.00. The normalized spacial score (nSPS) is 18.0. The van der Waals surface area contributed by atoms with Gasteiger partial charge in [0.2, 0.25) is 0 Å². The molecule has 0 spiro atoms. The highest BCUT2D eigenvalue weighted by Crippen LogP contribution is 2.09. The van der Waals surface area contributed by atoms with Gasteiger partial charge in [0.05, 0.1) is 0 Å². The Balaban J connectivity index is 1.98. The van der Waals surface area contributed by atoms with Crippen LogP contribution in [-0.2, 0) is 0 Å². The van der Waals surface area contributed by atoms with E-state index in [-0.39, 0.29) is 0 Å². The van der Waals surface area contributed by atoms with Crippen LogP contribution in [0.3, 0.4) is 0 Å². The topological polar surface area (TPSA) is 32.5 Å². The van der Waals surface area contributed by atoms with Crippen LogP contribution in [-0.4, -0.2) is 55.6 Å². The lowest BCUT2D eigenvalue weighted by Gasteiger charge is -2.21. The van der Waals surface area contributed by atoms with Gasteiger partial charge in [-0.25, -0.2) is 0 Å². The zero-order chi connectivity index (χ0) is 15.2. The van der Waals surface area contributed by atoms with Gasteiger partial charge in [-0.1, -0.05) is 45.4 Å². The summed E-state index contributed by atoms with van der Waals surface area (Å²) < 4.78 is 0. The smallest absolute Gasteiger partial charge is 0.0109 e. The molecule has 0 radical (unpaired) electrons. The van der Waals surface area contributed by atoms with Gasteiger partial charge in [0, 0.05) is 13.1 Å². The van der Waals surface area contributed by atoms with Crippen molar-refractivity contribution in [2.75, 3.05) is 45.8 Å². The largest absolute Gasteiger partial charge is 0.330 e. The fourth-order valence-corrected chi connectivity index (χ4v) is 3.24. The van der Waals surface area contributed by atoms with Crippen molar-refractivity contribution in [3.8, 4) is 0 Å². The van der Waals surface area contributed by atoms with Crippen LogP contribution in [0, 0.1) is 0 Å². The maximum atomic E-state index is 5.58. The summed E-state index contributed by atoms with van der Waals surface area (Å²) >= 11 is 0. The summed E-state index contributed by atoms with van der Waals surface area (Å²) in [6, 6.07) is 0. The summed E-state index contributed by atoms with van der Waals surface area (Å²) in [5.41, 5.74) is 5.58. The molecular formula is C18H39N3. The molecule has 3 nitrogen and oxygen atoms in total. The van der Waals surface area contributed by atoms with Crippen molar-refractivity contribution in [1.82, 2.24) is 9.80 Å². The molecular weight excluding hydrogens is 258 g/mol. The minimum absolute atomic E-state index is 0.845. The average molecular weight is 298 g/mol. The van der Waals surface area contributed by atoms with E-state index in [1.165, 1.54) is 103 Å². The first-order valence-corrected chi connectivity index (χ1v) is 9.51. The van der Waals surface area contributed by atoms with Gasteiger partial charge in [-0.3, -0.25) is 0 Å². The highest BCUT2D eigenvalue weighted by Gasteiger charge is 2.13. The van der Waals surface area contributed by atoms with E-state index < -0.39 is 0 Å². The fourth-order valence-electron chi connectivity index (χ4n) is 3.24. The second kappa shape index (κ2) is 13.5. The van der Waals surface area contributed by atoms with Crippen LogP contribution in [0.2, 0.25) is 0 Å². The quantitative estimate of drug-likeness (QED) is 0.560. The molecule has 1 rings (SSSR count). The van der Waals surface area contributed by atoms with Crippen LogP contribution in [0.25, 0.3) is 0 Å². The Labute approximate surface area is 133 Å². The van der Waals surface area contributed by atoms with Gasteiger partial charge in [-0.15, -0.1) is 0 Å². The Bertz CT molecular complexity index is 221. The van der Waals surface area contributed by atoms with Crippen molar-refractivity contribution < 1.29 is 0 Å². The molecule has 1 aliphatic heterocycles. The van der Waals surface area contributed by atoms with Gasteiger partial charge in [-0.05, 0) is 58.4 Å². The molecule has 1 saturated heterocycles. The number of rotatable bonds is 12. The highest BCUT2D eigenvalue weighted by atomic mass is 15.2. The second-order valence-corrected chi connectivity index (χ2v) is 6.65. The lowest BCUT2D eigenvalue weighted by Crippen LogP contribution is -2.32. The summed E-state index contributed by atoms with van der Waals surface area (Å²) in [6.07, 6.45) is 13.7. The van der Waals surface area contributed by atoms with Gasteiger partial charge in [-0.2, -0.15) is 0 Å². The third kappa shape index (κ3) is 10.3. The summed E-state index contributed by atoms with van der Waals surface area (Å²) in [5.74, 6) is 0. The number of nitrogens with zero attached hydrogens (tertiary/aromatic N) is 2. The third-order valence-electron chi connectivity index (χ3n) is 4.69. The Hall–Kier alpha value is -0.120. The summed E-state index contributed by atoms with van der Waals surface area (Å²) in [4.78, 5) is 5.33. The number of nitrogens with two attached hydrogens (primary N) is 1. The first kappa shape index (κ1) is 18.9. The monoisotopic (exact) mass is 297 g/mol. The minimum atomic E-state index is 0.845. The van der Waals surface area contributed by atoms with Crippen molar-refractivity contribution >= 4 is 0 Å².